The molecule has 0 saturated carbocycles. The molecule has 0 unspecified atom stereocenters. The fourth-order valence-electron chi connectivity index (χ4n) is 4.32. The lowest BCUT2D eigenvalue weighted by atomic mass is 9.90. The molecule has 0 spiro atoms. The van der Waals surface area contributed by atoms with Crippen LogP contribution >= 0.6 is 0 Å². The quantitative estimate of drug-likeness (QED) is 0.633. The van der Waals surface area contributed by atoms with Crippen LogP contribution in [0.3, 0.4) is 0 Å². The van der Waals surface area contributed by atoms with E-state index >= 15 is 0 Å². The highest BCUT2D eigenvalue weighted by Crippen LogP contribution is 2.50. The predicted molar refractivity (Wildman–Crippen MR) is 114 cm³/mol. The number of hydrogen-bond donors (Lipinski definition) is 1. The number of hydroxylamine groups is 1. The molecule has 5 rings (SSSR count). The number of halogens is 1. The van der Waals surface area contributed by atoms with Gasteiger partial charge in [-0.05, 0) is 42.5 Å². The maximum absolute atomic E-state index is 13.5. The monoisotopic (exact) mass is 434 g/mol. The summed E-state index contributed by atoms with van der Waals surface area (Å²) in [5.41, 5.74) is 1.28. The van der Waals surface area contributed by atoms with Crippen molar-refractivity contribution in [1.82, 2.24) is 0 Å². The number of nitrogens with zero attached hydrogens (tertiary/aromatic N) is 2. The number of ether oxygens (including phenoxy) is 1. The van der Waals surface area contributed by atoms with E-state index in [1.807, 2.05) is 18.2 Å². The highest BCUT2D eigenvalue weighted by molar-refractivity contribution is 6.23. The molecule has 0 aromatic heterocycles. The summed E-state index contributed by atoms with van der Waals surface area (Å²) in [7, 11) is 1.43. The van der Waals surface area contributed by atoms with E-state index in [2.05, 4.69) is 0 Å². The number of benzene rings is 3. The molecular weight excluding hydrogens is 415 g/mol. The van der Waals surface area contributed by atoms with E-state index in [9.17, 15) is 19.1 Å². The van der Waals surface area contributed by atoms with Crippen molar-refractivity contribution in [3.8, 4) is 11.5 Å². The molecule has 2 aliphatic rings. The first-order valence-corrected chi connectivity index (χ1v) is 10.0. The number of para-hydroxylation sites is 2. The number of phenolic OH excluding ortho intramolecular Hbond substituents is 1. The molecule has 7 nitrogen and oxygen atoms in total. The van der Waals surface area contributed by atoms with E-state index in [1.165, 1.54) is 36.4 Å². The van der Waals surface area contributed by atoms with Crippen LogP contribution in [0.1, 0.15) is 11.6 Å². The van der Waals surface area contributed by atoms with E-state index in [4.69, 9.17) is 9.57 Å². The molecule has 2 aliphatic heterocycles. The highest BCUT2D eigenvalue weighted by atomic mass is 19.1. The molecule has 0 radical (unpaired) electrons. The van der Waals surface area contributed by atoms with Gasteiger partial charge in [0.05, 0.1) is 18.5 Å². The first-order chi connectivity index (χ1) is 15.5. The van der Waals surface area contributed by atoms with Gasteiger partial charge in [-0.3, -0.25) is 14.4 Å². The molecule has 3 aromatic rings. The van der Waals surface area contributed by atoms with Crippen molar-refractivity contribution in [2.45, 2.75) is 12.1 Å². The Morgan fingerprint density at radius 2 is 1.62 bits per heavy atom. The van der Waals surface area contributed by atoms with Gasteiger partial charge in [0, 0.05) is 5.56 Å². The van der Waals surface area contributed by atoms with Gasteiger partial charge < -0.3 is 9.84 Å². The Bertz CT molecular complexity index is 1180. The molecule has 162 valence electrons. The predicted octanol–water partition coefficient (Wildman–Crippen LogP) is 3.59. The Hall–Kier alpha value is -3.91. The fourth-order valence-corrected chi connectivity index (χ4v) is 4.32. The molecule has 2 amide bonds. The second kappa shape index (κ2) is 7.65. The second-order valence-electron chi connectivity index (χ2n) is 7.54. The molecule has 2 saturated heterocycles. The van der Waals surface area contributed by atoms with Crippen molar-refractivity contribution >= 4 is 23.2 Å². The Morgan fingerprint density at radius 1 is 0.906 bits per heavy atom. The Kier molecular flexibility index (Phi) is 4.79. The van der Waals surface area contributed by atoms with Gasteiger partial charge in [0.25, 0.3) is 5.91 Å². The average molecular weight is 434 g/mol. The van der Waals surface area contributed by atoms with Crippen LogP contribution in [0.4, 0.5) is 15.8 Å². The third-order valence-electron chi connectivity index (χ3n) is 5.78. The zero-order valence-electron chi connectivity index (χ0n) is 17.0. The lowest BCUT2D eigenvalue weighted by Crippen LogP contribution is -2.37. The molecule has 2 heterocycles. The minimum Gasteiger partial charge on any atom is -0.504 e. The fraction of sp³-hybridized carbons (Fsp3) is 0.167. The van der Waals surface area contributed by atoms with Crippen molar-refractivity contribution in [1.29, 1.82) is 0 Å². The molecule has 0 bridgehead atoms. The minimum atomic E-state index is -1.09. The second-order valence-corrected chi connectivity index (χ2v) is 7.54. The van der Waals surface area contributed by atoms with E-state index in [-0.39, 0.29) is 17.2 Å². The summed E-state index contributed by atoms with van der Waals surface area (Å²) in [4.78, 5) is 33.8. The Balaban J connectivity index is 1.62. The maximum Gasteiger partial charge on any atom is 0.266 e. The van der Waals surface area contributed by atoms with Crippen molar-refractivity contribution in [2.75, 3.05) is 17.1 Å². The normalized spacial score (nSPS) is 22.4. The van der Waals surface area contributed by atoms with Crippen LogP contribution in [0.5, 0.6) is 11.5 Å². The number of hydrogen-bond acceptors (Lipinski definition) is 6. The first-order valence-electron chi connectivity index (χ1n) is 10.0. The number of anilines is 2. The summed E-state index contributed by atoms with van der Waals surface area (Å²) in [5.74, 6) is -2.32. The Labute approximate surface area is 183 Å². The molecule has 3 atom stereocenters. The van der Waals surface area contributed by atoms with Gasteiger partial charge in [0.1, 0.15) is 17.8 Å². The van der Waals surface area contributed by atoms with Crippen molar-refractivity contribution in [2.24, 2.45) is 5.92 Å². The van der Waals surface area contributed by atoms with Crippen LogP contribution in [-0.2, 0) is 14.4 Å². The summed E-state index contributed by atoms with van der Waals surface area (Å²) < 4.78 is 18.6. The molecule has 1 N–H and O–H groups in total. The first kappa shape index (κ1) is 20.0. The van der Waals surface area contributed by atoms with Crippen LogP contribution in [0.25, 0.3) is 0 Å². The van der Waals surface area contributed by atoms with Crippen LogP contribution in [0.15, 0.2) is 72.8 Å². The van der Waals surface area contributed by atoms with E-state index in [0.717, 1.165) is 4.90 Å². The van der Waals surface area contributed by atoms with Gasteiger partial charge in [0.15, 0.2) is 17.6 Å². The maximum atomic E-state index is 13.5. The van der Waals surface area contributed by atoms with Gasteiger partial charge in [-0.25, -0.2) is 14.4 Å². The van der Waals surface area contributed by atoms with Crippen LogP contribution in [0, 0.1) is 11.7 Å². The summed E-state index contributed by atoms with van der Waals surface area (Å²) >= 11 is 0. The summed E-state index contributed by atoms with van der Waals surface area (Å²) in [6.45, 7) is 0. The van der Waals surface area contributed by atoms with E-state index in [1.54, 1.807) is 30.3 Å². The number of methoxy groups -OCH3 is 1. The molecule has 8 heteroatoms. The molecular formula is C24H19FN2O5. The molecule has 2 fully saturated rings. The van der Waals surface area contributed by atoms with Gasteiger partial charge in [-0.2, -0.15) is 0 Å². The highest BCUT2D eigenvalue weighted by Gasteiger charge is 2.60. The standard InChI is InChI=1S/C24H19FN2O5/c1-31-18-9-5-8-17(21(18)28)20-19-22(32-27(20)16-6-3-2-4-7-16)24(30)26(23(19)29)15-12-10-14(25)11-13-15/h2-13,19-20,22,28H,1H3/t19-,20+,22+/m1/s1. The minimum absolute atomic E-state index is 0.134. The Morgan fingerprint density at radius 3 is 2.31 bits per heavy atom. The zero-order chi connectivity index (χ0) is 22.4. The lowest BCUT2D eigenvalue weighted by Gasteiger charge is -2.29. The summed E-state index contributed by atoms with van der Waals surface area (Å²) in [6.07, 6.45) is -1.09. The SMILES string of the molecule is COc1cccc([C@H]2[C@H]3C(=O)N(c4ccc(F)cc4)C(=O)[C@H]3ON2c2ccccc2)c1O. The van der Waals surface area contributed by atoms with E-state index < -0.39 is 35.7 Å². The lowest BCUT2D eigenvalue weighted by molar-refractivity contribution is -0.126. The third-order valence-corrected chi connectivity index (χ3v) is 5.78. The topological polar surface area (TPSA) is 79.3 Å². The number of amides is 2. The van der Waals surface area contributed by atoms with Gasteiger partial charge in [-0.15, -0.1) is 0 Å². The number of fused-ring (bicyclic) bond motifs is 1. The van der Waals surface area contributed by atoms with Crippen molar-refractivity contribution in [3.05, 3.63) is 84.2 Å². The number of carbonyl (C=O) groups excluding carboxylic acids is 2. The average Bonchev–Trinajstić information content (AvgIpc) is 3.31. The molecule has 0 aliphatic carbocycles. The number of phenols is 1. The number of imide groups is 1. The molecule has 32 heavy (non-hydrogen) atoms. The third kappa shape index (κ3) is 2.99. The summed E-state index contributed by atoms with van der Waals surface area (Å²) in [5, 5.41) is 12.3. The van der Waals surface area contributed by atoms with Crippen LogP contribution in [0.2, 0.25) is 0 Å². The number of rotatable bonds is 4. The van der Waals surface area contributed by atoms with Crippen molar-refractivity contribution < 1.29 is 28.7 Å². The van der Waals surface area contributed by atoms with Crippen LogP contribution in [-0.4, -0.2) is 30.1 Å². The number of aromatic hydroxyl groups is 1. The van der Waals surface area contributed by atoms with E-state index in [0.29, 0.717) is 11.3 Å². The largest absolute Gasteiger partial charge is 0.504 e. The summed E-state index contributed by atoms with van der Waals surface area (Å²) in [6, 6.07) is 18.3. The molecule has 3 aromatic carbocycles. The van der Waals surface area contributed by atoms with Gasteiger partial charge >= 0.3 is 0 Å². The van der Waals surface area contributed by atoms with Crippen LogP contribution < -0.4 is 14.7 Å². The van der Waals surface area contributed by atoms with Crippen molar-refractivity contribution in [3.63, 3.8) is 0 Å². The van der Waals surface area contributed by atoms with Gasteiger partial charge in [0.2, 0.25) is 5.91 Å². The van der Waals surface area contributed by atoms with Gasteiger partial charge in [-0.1, -0.05) is 30.3 Å². The number of carbonyl (C=O) groups is 2. The zero-order valence-corrected chi connectivity index (χ0v) is 17.0. The smallest absolute Gasteiger partial charge is 0.266 e.